The van der Waals surface area contributed by atoms with E-state index in [4.69, 9.17) is 5.11 Å². The van der Waals surface area contributed by atoms with Crippen LogP contribution in [0.15, 0.2) is 24.4 Å². The summed E-state index contributed by atoms with van der Waals surface area (Å²) < 4.78 is 0. The Bertz CT molecular complexity index is 365. The van der Waals surface area contributed by atoms with E-state index in [1.54, 1.807) is 31.3 Å². The Morgan fingerprint density at radius 3 is 2.75 bits per heavy atom. The van der Waals surface area contributed by atoms with E-state index in [1.807, 2.05) is 0 Å². The summed E-state index contributed by atoms with van der Waals surface area (Å²) in [6.45, 7) is 1.68. The lowest BCUT2D eigenvalue weighted by molar-refractivity contribution is -0.141. The number of carbonyl (C=O) groups is 2. The van der Waals surface area contributed by atoms with Crippen molar-refractivity contribution in [2.75, 3.05) is 0 Å². The number of nitrogens with zero attached hydrogens (tertiary/aromatic N) is 1. The Labute approximate surface area is 93.5 Å². The van der Waals surface area contributed by atoms with Gasteiger partial charge in [0.2, 0.25) is 5.91 Å². The molecule has 1 atom stereocenters. The number of hydrogen-bond acceptors (Lipinski definition) is 3. The number of carboxylic acids is 1. The maximum atomic E-state index is 11.1. The third kappa shape index (κ3) is 3.68. The highest BCUT2D eigenvalue weighted by molar-refractivity contribution is 5.83. The lowest BCUT2D eigenvalue weighted by Crippen LogP contribution is -2.42. The van der Waals surface area contributed by atoms with Crippen LogP contribution in [-0.2, 0) is 16.0 Å². The number of amides is 1. The number of aliphatic carboxylic acids is 1. The van der Waals surface area contributed by atoms with Crippen molar-refractivity contribution < 1.29 is 14.7 Å². The number of nitrogens with one attached hydrogen (secondary N) is 1. The molecule has 0 saturated heterocycles. The second-order valence-electron chi connectivity index (χ2n) is 3.34. The fraction of sp³-hybridized carbons (Fsp3) is 0.364. The van der Waals surface area contributed by atoms with Gasteiger partial charge in [0, 0.05) is 24.7 Å². The van der Waals surface area contributed by atoms with Crippen LogP contribution in [0.5, 0.6) is 0 Å². The van der Waals surface area contributed by atoms with Crippen LogP contribution in [0.4, 0.5) is 0 Å². The molecule has 5 heteroatoms. The fourth-order valence-electron chi connectivity index (χ4n) is 1.22. The molecular weight excluding hydrogens is 208 g/mol. The standard InChI is InChI=1S/C11H14N2O3/c1-2-10(14)13-9(11(15)16)7-8-5-3-4-6-12-8/h3-6,9H,2,7H2,1H3,(H,13,14)(H,15,16). The number of aromatic nitrogens is 1. The molecule has 0 bridgehead atoms. The molecule has 0 aliphatic heterocycles. The summed E-state index contributed by atoms with van der Waals surface area (Å²) >= 11 is 0. The minimum absolute atomic E-state index is 0.196. The van der Waals surface area contributed by atoms with Crippen molar-refractivity contribution in [1.82, 2.24) is 10.3 Å². The second-order valence-corrected chi connectivity index (χ2v) is 3.34. The molecule has 0 saturated carbocycles. The van der Waals surface area contributed by atoms with E-state index >= 15 is 0 Å². The molecule has 1 aromatic heterocycles. The van der Waals surface area contributed by atoms with Crippen molar-refractivity contribution in [3.8, 4) is 0 Å². The van der Waals surface area contributed by atoms with E-state index in [0.29, 0.717) is 5.69 Å². The predicted octanol–water partition coefficient (Wildman–Crippen LogP) is 0.603. The molecule has 16 heavy (non-hydrogen) atoms. The van der Waals surface area contributed by atoms with E-state index in [1.165, 1.54) is 0 Å². The van der Waals surface area contributed by atoms with E-state index in [0.717, 1.165) is 0 Å². The molecule has 2 N–H and O–H groups in total. The lowest BCUT2D eigenvalue weighted by Gasteiger charge is -2.13. The maximum Gasteiger partial charge on any atom is 0.326 e. The number of carboxylic acid groups (broad SMARTS) is 1. The summed E-state index contributed by atoms with van der Waals surface area (Å²) in [5.74, 6) is -1.32. The first-order chi connectivity index (χ1) is 7.63. The maximum absolute atomic E-state index is 11.1. The average molecular weight is 222 g/mol. The number of pyridine rings is 1. The zero-order valence-electron chi connectivity index (χ0n) is 9.01. The largest absolute Gasteiger partial charge is 0.480 e. The molecule has 0 aliphatic rings. The lowest BCUT2D eigenvalue weighted by atomic mass is 10.1. The average Bonchev–Trinajstić information content (AvgIpc) is 2.29. The molecule has 1 amide bonds. The zero-order valence-corrected chi connectivity index (χ0v) is 9.01. The molecule has 0 fully saturated rings. The SMILES string of the molecule is CCC(=O)NC(Cc1ccccn1)C(=O)O. The minimum atomic E-state index is -1.05. The summed E-state index contributed by atoms with van der Waals surface area (Å²) in [6.07, 6.45) is 2.06. The fourth-order valence-corrected chi connectivity index (χ4v) is 1.22. The molecule has 1 aromatic rings. The highest BCUT2D eigenvalue weighted by Crippen LogP contribution is 2.00. The second kappa shape index (κ2) is 5.85. The van der Waals surface area contributed by atoms with Crippen molar-refractivity contribution in [1.29, 1.82) is 0 Å². The van der Waals surface area contributed by atoms with E-state index in [9.17, 15) is 9.59 Å². The van der Waals surface area contributed by atoms with Crippen LogP contribution in [0, 0.1) is 0 Å². The smallest absolute Gasteiger partial charge is 0.326 e. The van der Waals surface area contributed by atoms with Crippen LogP contribution < -0.4 is 5.32 Å². The Morgan fingerprint density at radius 2 is 2.25 bits per heavy atom. The van der Waals surface area contributed by atoms with Crippen LogP contribution in [0.3, 0.4) is 0 Å². The molecule has 1 unspecified atom stereocenters. The monoisotopic (exact) mass is 222 g/mol. The Balaban J connectivity index is 2.65. The molecule has 0 aromatic carbocycles. The first-order valence-corrected chi connectivity index (χ1v) is 5.05. The molecule has 0 spiro atoms. The quantitative estimate of drug-likeness (QED) is 0.764. The molecule has 1 heterocycles. The van der Waals surface area contributed by atoms with Crippen molar-refractivity contribution in [2.45, 2.75) is 25.8 Å². The van der Waals surface area contributed by atoms with Gasteiger partial charge in [-0.1, -0.05) is 13.0 Å². The topological polar surface area (TPSA) is 79.3 Å². The predicted molar refractivity (Wildman–Crippen MR) is 57.8 cm³/mol. The third-order valence-corrected chi connectivity index (χ3v) is 2.09. The Hall–Kier alpha value is -1.91. The summed E-state index contributed by atoms with van der Waals surface area (Å²) in [4.78, 5) is 26.1. The van der Waals surface area contributed by atoms with Crippen LogP contribution in [-0.4, -0.2) is 28.0 Å². The van der Waals surface area contributed by atoms with Gasteiger partial charge in [-0.2, -0.15) is 0 Å². The van der Waals surface area contributed by atoms with Gasteiger partial charge in [0.15, 0.2) is 0 Å². The third-order valence-electron chi connectivity index (χ3n) is 2.09. The first kappa shape index (κ1) is 12.2. The number of rotatable bonds is 5. The van der Waals surface area contributed by atoms with Crippen molar-refractivity contribution >= 4 is 11.9 Å². The van der Waals surface area contributed by atoms with Crippen molar-refractivity contribution in [3.63, 3.8) is 0 Å². The van der Waals surface area contributed by atoms with E-state index in [2.05, 4.69) is 10.3 Å². The highest BCUT2D eigenvalue weighted by Gasteiger charge is 2.19. The summed E-state index contributed by atoms with van der Waals surface area (Å²) in [5, 5.41) is 11.4. The Kier molecular flexibility index (Phi) is 4.44. The van der Waals surface area contributed by atoms with Gasteiger partial charge >= 0.3 is 5.97 Å². The van der Waals surface area contributed by atoms with Gasteiger partial charge in [-0.05, 0) is 12.1 Å². The molecule has 0 aliphatic carbocycles. The van der Waals surface area contributed by atoms with Gasteiger partial charge in [-0.3, -0.25) is 9.78 Å². The highest BCUT2D eigenvalue weighted by atomic mass is 16.4. The van der Waals surface area contributed by atoms with Gasteiger partial charge in [-0.15, -0.1) is 0 Å². The van der Waals surface area contributed by atoms with Gasteiger partial charge in [0.25, 0.3) is 0 Å². The molecule has 86 valence electrons. The van der Waals surface area contributed by atoms with Crippen LogP contribution in [0.2, 0.25) is 0 Å². The van der Waals surface area contributed by atoms with Gasteiger partial charge in [-0.25, -0.2) is 4.79 Å². The van der Waals surface area contributed by atoms with E-state index < -0.39 is 12.0 Å². The summed E-state index contributed by atoms with van der Waals surface area (Å²) in [6, 6.07) is 4.35. The normalized spacial score (nSPS) is 11.8. The molecule has 5 nitrogen and oxygen atoms in total. The molecule has 0 radical (unpaired) electrons. The van der Waals surface area contributed by atoms with Crippen LogP contribution in [0.25, 0.3) is 0 Å². The first-order valence-electron chi connectivity index (χ1n) is 5.05. The molecule has 1 rings (SSSR count). The van der Waals surface area contributed by atoms with E-state index in [-0.39, 0.29) is 18.7 Å². The van der Waals surface area contributed by atoms with Gasteiger partial charge < -0.3 is 10.4 Å². The summed E-state index contributed by atoms with van der Waals surface area (Å²) in [5.41, 5.74) is 0.645. The molecular formula is C11H14N2O3. The number of hydrogen-bond donors (Lipinski definition) is 2. The van der Waals surface area contributed by atoms with Crippen LogP contribution in [0.1, 0.15) is 19.0 Å². The van der Waals surface area contributed by atoms with Crippen LogP contribution >= 0.6 is 0 Å². The zero-order chi connectivity index (χ0) is 12.0. The summed E-state index contributed by atoms with van der Waals surface area (Å²) in [7, 11) is 0. The van der Waals surface area contributed by atoms with Gasteiger partial charge in [0.1, 0.15) is 6.04 Å². The van der Waals surface area contributed by atoms with Crippen molar-refractivity contribution in [3.05, 3.63) is 30.1 Å². The Morgan fingerprint density at radius 1 is 1.50 bits per heavy atom. The van der Waals surface area contributed by atoms with Gasteiger partial charge in [0.05, 0.1) is 0 Å². The minimum Gasteiger partial charge on any atom is -0.480 e. The number of carbonyl (C=O) groups excluding carboxylic acids is 1. The van der Waals surface area contributed by atoms with Crippen molar-refractivity contribution in [2.24, 2.45) is 0 Å².